The van der Waals surface area contributed by atoms with E-state index in [2.05, 4.69) is 34.6 Å². The molecule has 1 aromatic carbocycles. The monoisotopic (exact) mass is 236 g/mol. The van der Waals surface area contributed by atoms with Gasteiger partial charge in [0.25, 0.3) is 0 Å². The van der Waals surface area contributed by atoms with Crippen LogP contribution in [0.4, 0.5) is 0 Å². The average Bonchev–Trinajstić information content (AvgIpc) is 2.31. The molecule has 0 amide bonds. The van der Waals surface area contributed by atoms with Crippen LogP contribution in [0.2, 0.25) is 0 Å². The van der Waals surface area contributed by atoms with E-state index in [0.29, 0.717) is 5.41 Å². The van der Waals surface area contributed by atoms with Crippen molar-refractivity contribution in [3.05, 3.63) is 35.4 Å². The largest absolute Gasteiger partial charge is 0.317 e. The normalized spacial score (nSPS) is 21.2. The van der Waals surface area contributed by atoms with Gasteiger partial charge < -0.3 is 5.32 Å². The molecule has 2 aliphatic heterocycles. The van der Waals surface area contributed by atoms with Crippen molar-refractivity contribution in [1.29, 1.82) is 0 Å². The van der Waals surface area contributed by atoms with Gasteiger partial charge in [-0.1, -0.05) is 24.3 Å². The molecule has 2 nitrogen and oxygen atoms in total. The molecule has 3 rings (SSSR count). The van der Waals surface area contributed by atoms with Gasteiger partial charge in [-0.15, -0.1) is 12.4 Å². The van der Waals surface area contributed by atoms with Crippen molar-refractivity contribution < 1.29 is 0 Å². The highest BCUT2D eigenvalue weighted by Crippen LogP contribution is 2.37. The zero-order chi connectivity index (χ0) is 10.1. The molecule has 1 saturated heterocycles. The number of piperidine rings is 1. The van der Waals surface area contributed by atoms with E-state index in [-0.39, 0.29) is 12.4 Å². The van der Waals surface area contributed by atoms with Crippen molar-refractivity contribution in [3.8, 4) is 0 Å². The van der Waals surface area contributed by atoms with Gasteiger partial charge >= 0.3 is 0 Å². The summed E-state index contributed by atoms with van der Waals surface area (Å²) in [6, 6.07) is 8.72. The Labute approximate surface area is 103 Å². The van der Waals surface area contributed by atoms with E-state index in [1.165, 1.54) is 24.0 Å². The molecule has 0 aromatic heterocycles. The quantitative estimate of drug-likeness (QED) is 0.734. The maximum absolute atomic E-state index is 4.54. The smallest absolute Gasteiger partial charge is 0.0487 e. The third-order valence-electron chi connectivity index (χ3n) is 3.72. The Morgan fingerprint density at radius 2 is 1.88 bits per heavy atom. The lowest BCUT2D eigenvalue weighted by molar-refractivity contribution is 0.314. The summed E-state index contributed by atoms with van der Waals surface area (Å²) in [4.78, 5) is 4.54. The number of nitrogens with one attached hydrogen (secondary N) is 1. The van der Waals surface area contributed by atoms with Gasteiger partial charge in [0, 0.05) is 18.2 Å². The van der Waals surface area contributed by atoms with Gasteiger partial charge in [-0.2, -0.15) is 0 Å². The fraction of sp³-hybridized carbons (Fsp3) is 0.462. The summed E-state index contributed by atoms with van der Waals surface area (Å²) in [5, 5.41) is 3.44. The molecular weight excluding hydrogens is 220 g/mol. The van der Waals surface area contributed by atoms with Crippen molar-refractivity contribution in [1.82, 2.24) is 5.32 Å². The van der Waals surface area contributed by atoms with Crippen molar-refractivity contribution in [2.75, 3.05) is 19.6 Å². The van der Waals surface area contributed by atoms with Crippen molar-refractivity contribution >= 4 is 18.6 Å². The van der Waals surface area contributed by atoms with Crippen LogP contribution in [0.25, 0.3) is 0 Å². The summed E-state index contributed by atoms with van der Waals surface area (Å²) in [7, 11) is 0. The van der Waals surface area contributed by atoms with Gasteiger partial charge in [0.15, 0.2) is 0 Å². The molecule has 1 spiro atoms. The van der Waals surface area contributed by atoms with Crippen molar-refractivity contribution in [3.63, 3.8) is 0 Å². The van der Waals surface area contributed by atoms with Crippen LogP contribution >= 0.6 is 12.4 Å². The van der Waals surface area contributed by atoms with E-state index >= 15 is 0 Å². The molecule has 0 unspecified atom stereocenters. The lowest BCUT2D eigenvalue weighted by Crippen LogP contribution is -2.43. The van der Waals surface area contributed by atoms with Crippen LogP contribution in [0.15, 0.2) is 29.3 Å². The Hall–Kier alpha value is -0.860. The number of hydrogen-bond donors (Lipinski definition) is 1. The first-order valence-electron chi connectivity index (χ1n) is 5.71. The van der Waals surface area contributed by atoms with E-state index < -0.39 is 0 Å². The molecule has 0 aliphatic carbocycles. The Kier molecular flexibility index (Phi) is 3.31. The highest BCUT2D eigenvalue weighted by atomic mass is 35.5. The van der Waals surface area contributed by atoms with Crippen molar-refractivity contribution in [2.45, 2.75) is 18.3 Å². The molecule has 0 bridgehead atoms. The van der Waals surface area contributed by atoms with Gasteiger partial charge in [0.1, 0.15) is 0 Å². The summed E-state index contributed by atoms with van der Waals surface area (Å²) in [6.45, 7) is 3.24. The fourth-order valence-electron chi connectivity index (χ4n) is 2.83. The van der Waals surface area contributed by atoms with Gasteiger partial charge in [-0.3, -0.25) is 4.99 Å². The fourth-order valence-corrected chi connectivity index (χ4v) is 2.83. The number of aliphatic imine (C=N–C) groups is 1. The summed E-state index contributed by atoms with van der Waals surface area (Å²) < 4.78 is 0. The Morgan fingerprint density at radius 1 is 1.12 bits per heavy atom. The molecule has 0 saturated carbocycles. The van der Waals surface area contributed by atoms with Crippen LogP contribution in [0.5, 0.6) is 0 Å². The predicted molar refractivity (Wildman–Crippen MR) is 69.9 cm³/mol. The molecule has 2 heterocycles. The van der Waals surface area contributed by atoms with Crippen LogP contribution in [-0.2, 0) is 5.41 Å². The molecule has 1 fully saturated rings. The lowest BCUT2D eigenvalue weighted by atomic mass is 9.70. The maximum Gasteiger partial charge on any atom is 0.0487 e. The first-order valence-corrected chi connectivity index (χ1v) is 5.71. The second-order valence-electron chi connectivity index (χ2n) is 4.59. The minimum Gasteiger partial charge on any atom is -0.317 e. The van der Waals surface area contributed by atoms with E-state index in [0.717, 1.165) is 19.6 Å². The van der Waals surface area contributed by atoms with Crippen LogP contribution in [0, 0.1) is 0 Å². The SMILES string of the molecule is C1=NCC2(CCNCC2)c2ccccc21.Cl. The molecule has 86 valence electrons. The van der Waals surface area contributed by atoms with Crippen LogP contribution in [0.1, 0.15) is 24.0 Å². The van der Waals surface area contributed by atoms with Gasteiger partial charge in [-0.05, 0) is 37.1 Å². The maximum atomic E-state index is 4.54. The Morgan fingerprint density at radius 3 is 2.69 bits per heavy atom. The summed E-state index contributed by atoms with van der Waals surface area (Å²) >= 11 is 0. The predicted octanol–water partition coefficient (Wildman–Crippen LogP) is 2.16. The molecule has 3 heteroatoms. The highest BCUT2D eigenvalue weighted by Gasteiger charge is 2.36. The number of nitrogens with zero attached hydrogens (tertiary/aromatic N) is 1. The first-order chi connectivity index (χ1) is 7.41. The highest BCUT2D eigenvalue weighted by molar-refractivity contribution is 5.85. The minimum absolute atomic E-state index is 0. The third-order valence-corrected chi connectivity index (χ3v) is 3.72. The Bertz CT molecular complexity index is 395. The van der Waals surface area contributed by atoms with E-state index in [1.54, 1.807) is 0 Å². The molecule has 2 aliphatic rings. The van der Waals surface area contributed by atoms with Crippen LogP contribution < -0.4 is 5.32 Å². The summed E-state index contributed by atoms with van der Waals surface area (Å²) in [5.41, 5.74) is 3.17. The second kappa shape index (κ2) is 4.56. The summed E-state index contributed by atoms with van der Waals surface area (Å²) in [6.07, 6.45) is 4.48. The second-order valence-corrected chi connectivity index (χ2v) is 4.59. The topological polar surface area (TPSA) is 24.4 Å². The number of halogens is 1. The summed E-state index contributed by atoms with van der Waals surface area (Å²) in [5.74, 6) is 0. The number of benzene rings is 1. The zero-order valence-corrected chi connectivity index (χ0v) is 10.1. The Balaban J connectivity index is 0.000000963. The molecule has 0 radical (unpaired) electrons. The average molecular weight is 237 g/mol. The first kappa shape index (κ1) is 11.6. The molecule has 1 aromatic rings. The standard InChI is InChI=1S/C13H16N2.ClH/c1-2-4-12-11(3-1)9-15-10-13(12)5-7-14-8-6-13;/h1-4,9,14H,5-8,10H2;1H. The van der Waals surface area contributed by atoms with E-state index in [4.69, 9.17) is 0 Å². The van der Waals surface area contributed by atoms with Gasteiger partial charge in [0.2, 0.25) is 0 Å². The van der Waals surface area contributed by atoms with E-state index in [9.17, 15) is 0 Å². The number of hydrogen-bond acceptors (Lipinski definition) is 2. The molecule has 0 atom stereocenters. The van der Waals surface area contributed by atoms with Gasteiger partial charge in [0.05, 0.1) is 0 Å². The minimum atomic E-state index is 0. The zero-order valence-electron chi connectivity index (χ0n) is 9.28. The molecule has 16 heavy (non-hydrogen) atoms. The van der Waals surface area contributed by atoms with Crippen molar-refractivity contribution in [2.24, 2.45) is 4.99 Å². The van der Waals surface area contributed by atoms with Crippen LogP contribution in [-0.4, -0.2) is 25.8 Å². The molecular formula is C13H17ClN2. The van der Waals surface area contributed by atoms with E-state index in [1.807, 2.05) is 6.21 Å². The number of rotatable bonds is 0. The van der Waals surface area contributed by atoms with Gasteiger partial charge in [-0.25, -0.2) is 0 Å². The lowest BCUT2D eigenvalue weighted by Gasteiger charge is -2.39. The van der Waals surface area contributed by atoms with Crippen LogP contribution in [0.3, 0.4) is 0 Å². The number of fused-ring (bicyclic) bond motifs is 2. The third kappa shape index (κ3) is 1.76. The molecule has 1 N–H and O–H groups in total.